The van der Waals surface area contributed by atoms with Crippen molar-refractivity contribution in [1.82, 2.24) is 15.1 Å². The van der Waals surface area contributed by atoms with Gasteiger partial charge >= 0.3 is 0 Å². The van der Waals surface area contributed by atoms with Gasteiger partial charge in [0, 0.05) is 42.9 Å². The monoisotopic (exact) mass is 492 g/mol. The Kier molecular flexibility index (Phi) is 6.94. The molecule has 0 unspecified atom stereocenters. The van der Waals surface area contributed by atoms with Crippen LogP contribution in [0.1, 0.15) is 31.8 Å². The number of carbonyl (C=O) groups is 2. The number of aromatic nitrogens is 2. The Morgan fingerprint density at radius 3 is 2.19 bits per heavy atom. The molecule has 1 saturated heterocycles. The predicted molar refractivity (Wildman–Crippen MR) is 143 cm³/mol. The number of hydrogen-bond acceptors (Lipinski definition) is 6. The van der Waals surface area contributed by atoms with Crippen LogP contribution in [0, 0.1) is 6.92 Å². The van der Waals surface area contributed by atoms with E-state index in [9.17, 15) is 9.59 Å². The number of ketones is 1. The molecule has 186 valence electrons. The largest absolute Gasteiger partial charge is 0.497 e. The highest BCUT2D eigenvalue weighted by atomic mass is 16.5. The summed E-state index contributed by atoms with van der Waals surface area (Å²) in [6.45, 7) is 4.31. The molecule has 1 fully saturated rings. The van der Waals surface area contributed by atoms with E-state index >= 15 is 0 Å². The van der Waals surface area contributed by atoms with Gasteiger partial charge in [0.25, 0.3) is 5.91 Å². The number of nitrogens with zero attached hydrogens (tertiary/aromatic N) is 4. The summed E-state index contributed by atoms with van der Waals surface area (Å²) in [5.74, 6) is 1.27. The zero-order chi connectivity index (χ0) is 25.8. The summed E-state index contributed by atoms with van der Waals surface area (Å²) in [7, 11) is 1.64. The number of benzene rings is 3. The third kappa shape index (κ3) is 5.21. The summed E-state index contributed by atoms with van der Waals surface area (Å²) in [6.07, 6.45) is 0. The number of aryl methyl sites for hydroxylation is 1. The van der Waals surface area contributed by atoms with Crippen molar-refractivity contribution in [3.63, 3.8) is 0 Å². The van der Waals surface area contributed by atoms with Gasteiger partial charge in [-0.3, -0.25) is 9.59 Å². The standard InChI is InChI=1S/C30H28N4O3/c1-21-10-12-22(13-11-21)29(35)25-8-3-4-9-26(25)30(36)34-18-16-33(17-19-34)28-15-14-27(31-32-28)23-6-5-7-24(20-23)37-2/h3-15,20H,16-19H2,1-2H3. The van der Waals surface area contributed by atoms with Crippen molar-refractivity contribution < 1.29 is 14.3 Å². The number of carbonyl (C=O) groups excluding carboxylic acids is 2. The fraction of sp³-hybridized carbons (Fsp3) is 0.200. The van der Waals surface area contributed by atoms with Gasteiger partial charge in [0.15, 0.2) is 11.6 Å². The second kappa shape index (κ2) is 10.6. The Balaban J connectivity index is 1.26. The van der Waals surface area contributed by atoms with E-state index in [0.717, 1.165) is 28.4 Å². The average molecular weight is 493 g/mol. The highest BCUT2D eigenvalue weighted by Gasteiger charge is 2.26. The summed E-state index contributed by atoms with van der Waals surface area (Å²) in [5, 5.41) is 8.83. The van der Waals surface area contributed by atoms with Crippen LogP contribution < -0.4 is 9.64 Å². The molecule has 0 aliphatic carbocycles. The van der Waals surface area contributed by atoms with Crippen LogP contribution in [0.3, 0.4) is 0 Å². The molecule has 0 spiro atoms. The van der Waals surface area contributed by atoms with Crippen LogP contribution in [0.25, 0.3) is 11.3 Å². The summed E-state index contributed by atoms with van der Waals surface area (Å²) in [6, 6.07) is 26.1. The summed E-state index contributed by atoms with van der Waals surface area (Å²) in [4.78, 5) is 30.5. The average Bonchev–Trinajstić information content (AvgIpc) is 2.97. The van der Waals surface area contributed by atoms with Gasteiger partial charge in [-0.25, -0.2) is 0 Å². The number of piperazine rings is 1. The van der Waals surface area contributed by atoms with Crippen molar-refractivity contribution in [1.29, 1.82) is 0 Å². The molecular formula is C30H28N4O3. The number of anilines is 1. The molecular weight excluding hydrogens is 464 g/mol. The van der Waals surface area contributed by atoms with E-state index in [2.05, 4.69) is 15.1 Å². The fourth-order valence-corrected chi connectivity index (χ4v) is 4.47. The number of ether oxygens (including phenoxy) is 1. The molecule has 4 aromatic rings. The maximum Gasteiger partial charge on any atom is 0.254 e. The van der Waals surface area contributed by atoms with Crippen LogP contribution in [0.5, 0.6) is 5.75 Å². The lowest BCUT2D eigenvalue weighted by atomic mass is 9.97. The van der Waals surface area contributed by atoms with Gasteiger partial charge in [0.1, 0.15) is 5.75 Å². The molecule has 7 heteroatoms. The molecule has 1 aliphatic heterocycles. The highest BCUT2D eigenvalue weighted by Crippen LogP contribution is 2.24. The maximum absolute atomic E-state index is 13.4. The van der Waals surface area contributed by atoms with Crippen LogP contribution in [0.15, 0.2) is 84.9 Å². The van der Waals surface area contributed by atoms with Crippen LogP contribution >= 0.6 is 0 Å². The van der Waals surface area contributed by atoms with Crippen LogP contribution in [0.4, 0.5) is 5.82 Å². The predicted octanol–water partition coefficient (Wildman–Crippen LogP) is 4.65. The molecule has 3 aromatic carbocycles. The van der Waals surface area contributed by atoms with E-state index < -0.39 is 0 Å². The third-order valence-electron chi connectivity index (χ3n) is 6.62. The van der Waals surface area contributed by atoms with Gasteiger partial charge < -0.3 is 14.5 Å². The maximum atomic E-state index is 13.4. The van der Waals surface area contributed by atoms with E-state index in [1.807, 2.05) is 55.5 Å². The second-order valence-electron chi connectivity index (χ2n) is 9.03. The molecule has 37 heavy (non-hydrogen) atoms. The smallest absolute Gasteiger partial charge is 0.254 e. The second-order valence-corrected chi connectivity index (χ2v) is 9.03. The van der Waals surface area contributed by atoms with E-state index in [1.54, 1.807) is 48.4 Å². The zero-order valence-corrected chi connectivity index (χ0v) is 20.9. The van der Waals surface area contributed by atoms with Crippen molar-refractivity contribution in [2.45, 2.75) is 6.92 Å². The first-order valence-corrected chi connectivity index (χ1v) is 12.3. The molecule has 0 saturated carbocycles. The normalized spacial score (nSPS) is 13.4. The van der Waals surface area contributed by atoms with Gasteiger partial charge in [-0.15, -0.1) is 10.2 Å². The molecule has 1 aliphatic rings. The topological polar surface area (TPSA) is 75.6 Å². The van der Waals surface area contributed by atoms with Crippen LogP contribution in [-0.4, -0.2) is 60.1 Å². The molecule has 0 bridgehead atoms. The van der Waals surface area contributed by atoms with Gasteiger partial charge in [-0.2, -0.15) is 0 Å². The summed E-state index contributed by atoms with van der Waals surface area (Å²) < 4.78 is 5.30. The van der Waals surface area contributed by atoms with Gasteiger partial charge in [-0.1, -0.05) is 60.2 Å². The van der Waals surface area contributed by atoms with Crippen LogP contribution in [-0.2, 0) is 0 Å². The first-order chi connectivity index (χ1) is 18.0. The lowest BCUT2D eigenvalue weighted by Crippen LogP contribution is -2.49. The number of amides is 1. The van der Waals surface area contributed by atoms with Crippen molar-refractivity contribution in [3.8, 4) is 17.0 Å². The Bertz CT molecular complexity index is 1410. The van der Waals surface area contributed by atoms with Crippen molar-refractivity contribution in [2.75, 3.05) is 38.2 Å². The lowest BCUT2D eigenvalue weighted by molar-refractivity contribution is 0.0742. The number of rotatable bonds is 6. The molecule has 1 amide bonds. The van der Waals surface area contributed by atoms with Gasteiger partial charge in [-0.05, 0) is 37.3 Å². The van der Waals surface area contributed by atoms with Crippen molar-refractivity contribution >= 4 is 17.5 Å². The quantitative estimate of drug-likeness (QED) is 0.365. The minimum absolute atomic E-state index is 0.129. The van der Waals surface area contributed by atoms with E-state index in [1.165, 1.54) is 0 Å². The van der Waals surface area contributed by atoms with Crippen LogP contribution in [0.2, 0.25) is 0 Å². The summed E-state index contributed by atoms with van der Waals surface area (Å²) in [5.41, 5.74) is 4.23. The van der Waals surface area contributed by atoms with E-state index in [-0.39, 0.29) is 11.7 Å². The Morgan fingerprint density at radius 2 is 1.51 bits per heavy atom. The minimum atomic E-state index is -0.144. The first kappa shape index (κ1) is 24.2. The number of methoxy groups -OCH3 is 1. The molecule has 2 heterocycles. The molecule has 5 rings (SSSR count). The van der Waals surface area contributed by atoms with Crippen molar-refractivity contribution in [2.24, 2.45) is 0 Å². The Labute approximate surface area is 216 Å². The van der Waals surface area contributed by atoms with Crippen molar-refractivity contribution in [3.05, 3.63) is 107 Å². The summed E-state index contributed by atoms with van der Waals surface area (Å²) >= 11 is 0. The van der Waals surface area contributed by atoms with Gasteiger partial charge in [0.05, 0.1) is 18.4 Å². The van der Waals surface area contributed by atoms with E-state index in [0.29, 0.717) is 42.9 Å². The third-order valence-corrected chi connectivity index (χ3v) is 6.62. The molecule has 1 aromatic heterocycles. The number of hydrogen-bond donors (Lipinski definition) is 0. The fourth-order valence-electron chi connectivity index (χ4n) is 4.47. The molecule has 0 N–H and O–H groups in total. The molecule has 0 radical (unpaired) electrons. The Hall–Kier alpha value is -4.52. The molecule has 7 nitrogen and oxygen atoms in total. The lowest BCUT2D eigenvalue weighted by Gasteiger charge is -2.35. The molecule has 0 atom stereocenters. The minimum Gasteiger partial charge on any atom is -0.497 e. The van der Waals surface area contributed by atoms with E-state index in [4.69, 9.17) is 4.74 Å². The SMILES string of the molecule is COc1cccc(-c2ccc(N3CCN(C(=O)c4ccccc4C(=O)c4ccc(C)cc4)CC3)nn2)c1. The van der Waals surface area contributed by atoms with Gasteiger partial charge in [0.2, 0.25) is 0 Å². The first-order valence-electron chi connectivity index (χ1n) is 12.3. The zero-order valence-electron chi connectivity index (χ0n) is 20.9. The highest BCUT2D eigenvalue weighted by molar-refractivity contribution is 6.15. The Morgan fingerprint density at radius 1 is 0.784 bits per heavy atom.